The molecule has 38 heavy (non-hydrogen) atoms. The van der Waals surface area contributed by atoms with Crippen molar-refractivity contribution in [2.24, 2.45) is 5.92 Å². The van der Waals surface area contributed by atoms with Crippen LogP contribution in [0.5, 0.6) is 11.5 Å². The minimum atomic E-state index is -1.37. The summed E-state index contributed by atoms with van der Waals surface area (Å²) in [7, 11) is 2.72. The number of thioether (sulfide) groups is 1. The minimum Gasteiger partial charge on any atom is -0.497 e. The van der Waals surface area contributed by atoms with Crippen molar-refractivity contribution in [1.29, 1.82) is 5.26 Å². The number of hydrogen-bond acceptors (Lipinski definition) is 8. The van der Waals surface area contributed by atoms with Crippen LogP contribution in [0.15, 0.2) is 47.0 Å². The van der Waals surface area contributed by atoms with Crippen molar-refractivity contribution < 1.29 is 28.6 Å². The summed E-state index contributed by atoms with van der Waals surface area (Å²) in [6.07, 6.45) is 0. The van der Waals surface area contributed by atoms with Crippen LogP contribution in [0.2, 0.25) is 10.0 Å². The van der Waals surface area contributed by atoms with Crippen molar-refractivity contribution >= 4 is 52.7 Å². The Kier molecular flexibility index (Phi) is 10.3. The van der Waals surface area contributed by atoms with E-state index < -0.39 is 23.7 Å². The van der Waals surface area contributed by atoms with Gasteiger partial charge < -0.3 is 24.8 Å². The summed E-state index contributed by atoms with van der Waals surface area (Å²) >= 11 is 13.7. The first kappa shape index (κ1) is 29.2. The Bertz CT molecular complexity index is 1270. The molecule has 0 saturated carbocycles. The van der Waals surface area contributed by atoms with Crippen molar-refractivity contribution in [3.63, 3.8) is 0 Å². The molecule has 2 aromatic carbocycles. The summed E-state index contributed by atoms with van der Waals surface area (Å²) in [4.78, 5) is 38.2. The Balaban J connectivity index is 1.87. The van der Waals surface area contributed by atoms with Gasteiger partial charge in [-0.25, -0.2) is 0 Å². The number of hydrogen-bond donors (Lipinski definition) is 2. The number of esters is 1. The van der Waals surface area contributed by atoms with Gasteiger partial charge in [-0.2, -0.15) is 5.26 Å². The second kappa shape index (κ2) is 13.4. The monoisotopic (exact) mass is 577 g/mol. The van der Waals surface area contributed by atoms with E-state index in [2.05, 4.69) is 16.7 Å². The SMILES string of the molecule is CCOc1c(Cl)cc([C@@H]2C(C#N)=C(SCC(=O)NCc3ccc(OC)cc3)NC(=O)[C@@H]2C(=O)OC)cc1Cl. The van der Waals surface area contributed by atoms with Crippen LogP contribution in [-0.4, -0.2) is 44.4 Å². The molecule has 0 saturated heterocycles. The molecule has 0 aliphatic carbocycles. The molecule has 2 N–H and O–H groups in total. The van der Waals surface area contributed by atoms with E-state index in [-0.39, 0.29) is 44.6 Å². The lowest BCUT2D eigenvalue weighted by Crippen LogP contribution is -2.44. The highest BCUT2D eigenvalue weighted by molar-refractivity contribution is 8.03. The maximum atomic E-state index is 13.0. The summed E-state index contributed by atoms with van der Waals surface area (Å²) in [5.74, 6) is -3.37. The van der Waals surface area contributed by atoms with Crippen LogP contribution >= 0.6 is 35.0 Å². The van der Waals surface area contributed by atoms with Crippen molar-refractivity contribution in [2.75, 3.05) is 26.6 Å². The fourth-order valence-electron chi connectivity index (χ4n) is 3.85. The largest absolute Gasteiger partial charge is 0.497 e. The highest BCUT2D eigenvalue weighted by atomic mass is 35.5. The zero-order valence-electron chi connectivity index (χ0n) is 20.8. The molecule has 9 nitrogen and oxygen atoms in total. The van der Waals surface area contributed by atoms with Gasteiger partial charge in [-0.15, -0.1) is 0 Å². The van der Waals surface area contributed by atoms with Crippen LogP contribution in [0.3, 0.4) is 0 Å². The third-order valence-corrected chi connectivity index (χ3v) is 7.23. The zero-order valence-corrected chi connectivity index (χ0v) is 23.1. The normalized spacial score (nSPS) is 16.8. The molecule has 1 aliphatic heterocycles. The van der Waals surface area contributed by atoms with Crippen LogP contribution in [0.4, 0.5) is 0 Å². The minimum absolute atomic E-state index is 0.0734. The van der Waals surface area contributed by atoms with Crippen molar-refractivity contribution in [3.8, 4) is 17.6 Å². The molecule has 0 spiro atoms. The molecular formula is C26H25Cl2N3O6S. The van der Waals surface area contributed by atoms with Crippen LogP contribution in [0, 0.1) is 17.2 Å². The van der Waals surface area contributed by atoms with Gasteiger partial charge >= 0.3 is 5.97 Å². The molecule has 0 radical (unpaired) electrons. The van der Waals surface area contributed by atoms with E-state index >= 15 is 0 Å². The highest BCUT2D eigenvalue weighted by Crippen LogP contribution is 2.44. The predicted molar refractivity (Wildman–Crippen MR) is 144 cm³/mol. The smallest absolute Gasteiger partial charge is 0.319 e. The van der Waals surface area contributed by atoms with Gasteiger partial charge in [0.15, 0.2) is 5.75 Å². The summed E-state index contributed by atoms with van der Waals surface area (Å²) in [5.41, 5.74) is 1.30. The van der Waals surface area contributed by atoms with Gasteiger partial charge in [-0.1, -0.05) is 47.1 Å². The number of carbonyl (C=O) groups excluding carboxylic acids is 3. The number of allylic oxidation sites excluding steroid dienone is 1. The number of benzene rings is 2. The number of nitriles is 1. The van der Waals surface area contributed by atoms with E-state index in [0.29, 0.717) is 17.9 Å². The number of amides is 2. The lowest BCUT2D eigenvalue weighted by Gasteiger charge is -2.31. The van der Waals surface area contributed by atoms with E-state index in [9.17, 15) is 19.6 Å². The van der Waals surface area contributed by atoms with Gasteiger partial charge in [0, 0.05) is 12.5 Å². The molecule has 1 aliphatic rings. The lowest BCUT2D eigenvalue weighted by molar-refractivity contribution is -0.150. The fourth-order valence-corrected chi connectivity index (χ4v) is 5.35. The number of carbonyl (C=O) groups is 3. The number of nitrogens with one attached hydrogen (secondary N) is 2. The predicted octanol–water partition coefficient (Wildman–Crippen LogP) is 4.19. The van der Waals surface area contributed by atoms with Gasteiger partial charge in [0.25, 0.3) is 0 Å². The lowest BCUT2D eigenvalue weighted by atomic mass is 9.78. The molecule has 0 unspecified atom stereocenters. The van der Waals surface area contributed by atoms with Crippen molar-refractivity contribution in [2.45, 2.75) is 19.4 Å². The molecule has 12 heteroatoms. The Hall–Kier alpha value is -3.39. The molecular weight excluding hydrogens is 553 g/mol. The van der Waals surface area contributed by atoms with Crippen molar-refractivity contribution in [3.05, 3.63) is 68.2 Å². The Morgan fingerprint density at radius 1 is 1.16 bits per heavy atom. The third-order valence-electron chi connectivity index (χ3n) is 5.65. The Labute approximate surface area is 234 Å². The maximum absolute atomic E-state index is 13.0. The average Bonchev–Trinajstić information content (AvgIpc) is 2.91. The van der Waals surface area contributed by atoms with Crippen LogP contribution in [0.25, 0.3) is 0 Å². The fraction of sp³-hybridized carbons (Fsp3) is 0.308. The highest BCUT2D eigenvalue weighted by Gasteiger charge is 2.44. The maximum Gasteiger partial charge on any atom is 0.319 e. The molecule has 200 valence electrons. The molecule has 0 aromatic heterocycles. The molecule has 1 heterocycles. The second-order valence-electron chi connectivity index (χ2n) is 7.98. The second-order valence-corrected chi connectivity index (χ2v) is 9.78. The molecule has 0 fully saturated rings. The topological polar surface area (TPSA) is 127 Å². The average molecular weight is 578 g/mol. The number of halogens is 2. The number of rotatable bonds is 10. The number of methoxy groups -OCH3 is 2. The zero-order chi connectivity index (χ0) is 27.8. The van der Waals surface area contributed by atoms with Crippen LogP contribution in [0.1, 0.15) is 24.0 Å². The Morgan fingerprint density at radius 3 is 2.37 bits per heavy atom. The molecule has 2 atom stereocenters. The van der Waals surface area contributed by atoms with Gasteiger partial charge in [-0.3, -0.25) is 14.4 Å². The summed E-state index contributed by atoms with van der Waals surface area (Å²) in [6, 6.07) is 12.3. The summed E-state index contributed by atoms with van der Waals surface area (Å²) in [6.45, 7) is 2.38. The van der Waals surface area contributed by atoms with Crippen LogP contribution < -0.4 is 20.1 Å². The summed E-state index contributed by atoms with van der Waals surface area (Å²) < 4.78 is 15.4. The molecule has 0 bridgehead atoms. The molecule has 3 rings (SSSR count). The molecule has 2 amide bonds. The standard InChI is InChI=1S/C26H25Cl2N3O6S/c1-4-37-23-18(27)9-15(10-19(23)28)21-17(11-29)25(31-24(33)22(21)26(34)36-3)38-13-20(32)30-12-14-5-7-16(35-2)8-6-14/h5-10,21-22H,4,12-13H2,1-3H3,(H,30,32)(H,31,33)/t21-,22-/m1/s1. The quantitative estimate of drug-likeness (QED) is 0.318. The first-order valence-electron chi connectivity index (χ1n) is 11.4. The van der Waals surface area contributed by atoms with Gasteiger partial charge in [0.2, 0.25) is 11.8 Å². The Morgan fingerprint density at radius 2 is 1.82 bits per heavy atom. The van der Waals surface area contributed by atoms with E-state index in [4.69, 9.17) is 37.4 Å². The first-order valence-corrected chi connectivity index (χ1v) is 13.1. The number of ether oxygens (including phenoxy) is 3. The van der Waals surface area contributed by atoms with E-state index in [1.54, 1.807) is 26.2 Å². The first-order chi connectivity index (χ1) is 18.2. The molecule has 2 aromatic rings. The summed E-state index contributed by atoms with van der Waals surface area (Å²) in [5, 5.41) is 15.9. The van der Waals surface area contributed by atoms with Crippen molar-refractivity contribution in [1.82, 2.24) is 10.6 Å². The third kappa shape index (κ3) is 6.72. The van der Waals surface area contributed by atoms with Gasteiger partial charge in [-0.05, 0) is 42.3 Å². The van der Waals surface area contributed by atoms with E-state index in [0.717, 1.165) is 24.4 Å². The van der Waals surface area contributed by atoms with Gasteiger partial charge in [0.1, 0.15) is 11.7 Å². The van der Waals surface area contributed by atoms with Gasteiger partial charge in [0.05, 0.1) is 53.3 Å². The van der Waals surface area contributed by atoms with E-state index in [1.165, 1.54) is 12.1 Å². The number of nitrogens with zero attached hydrogens (tertiary/aromatic N) is 1. The van der Waals surface area contributed by atoms with E-state index in [1.807, 2.05) is 12.1 Å². The van der Waals surface area contributed by atoms with Crippen LogP contribution in [-0.2, 0) is 25.7 Å².